The monoisotopic (exact) mass is 267 g/mol. The number of pyridine rings is 1. The van der Waals surface area contributed by atoms with E-state index in [0.717, 1.165) is 11.5 Å². The van der Waals surface area contributed by atoms with Crippen molar-refractivity contribution in [2.75, 3.05) is 12.8 Å². The van der Waals surface area contributed by atoms with E-state index in [-0.39, 0.29) is 6.04 Å². The molecule has 100 valence electrons. The van der Waals surface area contributed by atoms with Gasteiger partial charge in [-0.05, 0) is 37.8 Å². The molecule has 3 atom stereocenters. The summed E-state index contributed by atoms with van der Waals surface area (Å²) < 4.78 is 0. The summed E-state index contributed by atoms with van der Waals surface area (Å²) in [5.41, 5.74) is 7.04. The Hall–Kier alpha value is -0.800. The lowest BCUT2D eigenvalue weighted by molar-refractivity contribution is 0.230. The molecule has 0 aromatic carbocycles. The minimum atomic E-state index is 0.263. The van der Waals surface area contributed by atoms with Crippen molar-refractivity contribution < 1.29 is 0 Å². The molecule has 1 heterocycles. The summed E-state index contributed by atoms with van der Waals surface area (Å²) in [6.07, 6.45) is 6.75. The van der Waals surface area contributed by atoms with E-state index in [9.17, 15) is 0 Å². The molecule has 0 aliphatic heterocycles. The number of anilines is 1. The fourth-order valence-electron chi connectivity index (χ4n) is 3.14. The van der Waals surface area contributed by atoms with Crippen LogP contribution in [0.4, 0.5) is 5.82 Å². The number of rotatable bonds is 3. The Kier molecular flexibility index (Phi) is 4.46. The van der Waals surface area contributed by atoms with Crippen molar-refractivity contribution in [1.29, 1.82) is 0 Å². The zero-order valence-corrected chi connectivity index (χ0v) is 11.9. The van der Waals surface area contributed by atoms with Crippen molar-refractivity contribution >= 4 is 17.4 Å². The van der Waals surface area contributed by atoms with Gasteiger partial charge in [0.25, 0.3) is 0 Å². The van der Waals surface area contributed by atoms with Crippen LogP contribution in [-0.4, -0.2) is 12.0 Å². The van der Waals surface area contributed by atoms with Crippen molar-refractivity contribution in [2.45, 2.75) is 38.6 Å². The van der Waals surface area contributed by atoms with Crippen LogP contribution in [0.3, 0.4) is 0 Å². The van der Waals surface area contributed by atoms with Crippen LogP contribution in [0.1, 0.15) is 44.2 Å². The molecule has 0 amide bonds. The number of aromatic nitrogens is 1. The summed E-state index contributed by atoms with van der Waals surface area (Å²) in [5, 5.41) is 4.05. The zero-order valence-electron chi connectivity index (χ0n) is 11.1. The molecule has 2 rings (SSSR count). The molecular weight excluding hydrogens is 246 g/mol. The standard InChI is InChI=1S/C14H22ClN3/c1-9-4-3-5-10(6-9)13(17-2)12-7-11(15)8-18-14(12)16/h7-10,13,17H,3-6H2,1-2H3,(H2,16,18). The number of nitrogen functional groups attached to an aromatic ring is 1. The molecule has 1 saturated carbocycles. The Labute approximate surface area is 114 Å². The summed E-state index contributed by atoms with van der Waals surface area (Å²) in [6, 6.07) is 2.21. The van der Waals surface area contributed by atoms with E-state index < -0.39 is 0 Å². The molecule has 3 N–H and O–H groups in total. The highest BCUT2D eigenvalue weighted by Crippen LogP contribution is 2.38. The molecule has 3 nitrogen and oxygen atoms in total. The van der Waals surface area contributed by atoms with Gasteiger partial charge >= 0.3 is 0 Å². The maximum absolute atomic E-state index is 6.04. The van der Waals surface area contributed by atoms with Gasteiger partial charge in [0.05, 0.1) is 5.02 Å². The minimum Gasteiger partial charge on any atom is -0.383 e. The van der Waals surface area contributed by atoms with Gasteiger partial charge in [0.1, 0.15) is 5.82 Å². The summed E-state index contributed by atoms with van der Waals surface area (Å²) in [6.45, 7) is 2.33. The van der Waals surface area contributed by atoms with Gasteiger partial charge in [0.2, 0.25) is 0 Å². The predicted octanol–water partition coefficient (Wildman–Crippen LogP) is 3.40. The van der Waals surface area contributed by atoms with Crippen LogP contribution in [0.5, 0.6) is 0 Å². The fourth-order valence-corrected chi connectivity index (χ4v) is 3.31. The molecule has 18 heavy (non-hydrogen) atoms. The first-order chi connectivity index (χ1) is 8.61. The number of halogens is 1. The molecule has 4 heteroatoms. The zero-order chi connectivity index (χ0) is 13.1. The molecular formula is C14H22ClN3. The molecule has 1 aromatic heterocycles. The van der Waals surface area contributed by atoms with Gasteiger partial charge in [-0.15, -0.1) is 0 Å². The number of nitrogens with one attached hydrogen (secondary N) is 1. The third-order valence-corrected chi connectivity index (χ3v) is 4.22. The fraction of sp³-hybridized carbons (Fsp3) is 0.643. The van der Waals surface area contributed by atoms with Crippen molar-refractivity contribution in [3.05, 3.63) is 22.8 Å². The molecule has 1 aromatic rings. The molecule has 1 aliphatic carbocycles. The van der Waals surface area contributed by atoms with Gasteiger partial charge < -0.3 is 11.1 Å². The average Bonchev–Trinajstić information content (AvgIpc) is 2.35. The van der Waals surface area contributed by atoms with E-state index in [2.05, 4.69) is 17.2 Å². The third kappa shape index (κ3) is 2.96. The van der Waals surface area contributed by atoms with Crippen LogP contribution >= 0.6 is 11.6 Å². The van der Waals surface area contributed by atoms with Crippen LogP contribution in [0.2, 0.25) is 5.02 Å². The van der Waals surface area contributed by atoms with E-state index in [1.807, 2.05) is 13.1 Å². The molecule has 1 aliphatic rings. The van der Waals surface area contributed by atoms with Gasteiger partial charge in [-0.25, -0.2) is 4.98 Å². The second kappa shape index (κ2) is 5.89. The minimum absolute atomic E-state index is 0.263. The lowest BCUT2D eigenvalue weighted by atomic mass is 9.77. The number of hydrogen-bond donors (Lipinski definition) is 2. The maximum Gasteiger partial charge on any atom is 0.128 e. The van der Waals surface area contributed by atoms with Crippen LogP contribution < -0.4 is 11.1 Å². The van der Waals surface area contributed by atoms with E-state index in [1.165, 1.54) is 25.7 Å². The lowest BCUT2D eigenvalue weighted by Crippen LogP contribution is -2.29. The first-order valence-corrected chi connectivity index (χ1v) is 7.07. The Balaban J connectivity index is 2.24. The van der Waals surface area contributed by atoms with Gasteiger partial charge in [0, 0.05) is 17.8 Å². The van der Waals surface area contributed by atoms with Gasteiger partial charge in [-0.3, -0.25) is 0 Å². The highest BCUT2D eigenvalue weighted by Gasteiger charge is 2.28. The first kappa shape index (κ1) is 13.6. The van der Waals surface area contributed by atoms with Crippen LogP contribution in [0.25, 0.3) is 0 Å². The Morgan fingerprint density at radius 3 is 2.94 bits per heavy atom. The third-order valence-electron chi connectivity index (χ3n) is 4.01. The molecule has 0 spiro atoms. The van der Waals surface area contributed by atoms with Crippen molar-refractivity contribution in [2.24, 2.45) is 11.8 Å². The van der Waals surface area contributed by atoms with Crippen LogP contribution in [0, 0.1) is 11.8 Å². The molecule has 0 bridgehead atoms. The van der Waals surface area contributed by atoms with E-state index in [1.54, 1.807) is 6.20 Å². The molecule has 0 saturated heterocycles. The normalized spacial score (nSPS) is 25.9. The molecule has 3 unspecified atom stereocenters. The SMILES string of the molecule is CNC(c1cc(Cl)cnc1N)C1CCCC(C)C1. The summed E-state index contributed by atoms with van der Waals surface area (Å²) in [7, 11) is 1.99. The van der Waals surface area contributed by atoms with Gasteiger partial charge in [-0.2, -0.15) is 0 Å². The van der Waals surface area contributed by atoms with Crippen molar-refractivity contribution in [3.8, 4) is 0 Å². The Morgan fingerprint density at radius 1 is 1.50 bits per heavy atom. The van der Waals surface area contributed by atoms with Crippen molar-refractivity contribution in [1.82, 2.24) is 10.3 Å². The van der Waals surface area contributed by atoms with Crippen LogP contribution in [0.15, 0.2) is 12.3 Å². The largest absolute Gasteiger partial charge is 0.383 e. The summed E-state index contributed by atoms with van der Waals surface area (Å²) >= 11 is 6.04. The Bertz CT molecular complexity index is 408. The van der Waals surface area contributed by atoms with E-state index >= 15 is 0 Å². The maximum atomic E-state index is 6.04. The van der Waals surface area contributed by atoms with Crippen LogP contribution in [-0.2, 0) is 0 Å². The van der Waals surface area contributed by atoms with Gasteiger partial charge in [-0.1, -0.05) is 31.4 Å². The quantitative estimate of drug-likeness (QED) is 0.882. The number of nitrogens with zero attached hydrogens (tertiary/aromatic N) is 1. The number of hydrogen-bond acceptors (Lipinski definition) is 3. The predicted molar refractivity (Wildman–Crippen MR) is 76.6 cm³/mol. The van der Waals surface area contributed by atoms with Gasteiger partial charge in [0.15, 0.2) is 0 Å². The topological polar surface area (TPSA) is 50.9 Å². The van der Waals surface area contributed by atoms with E-state index in [4.69, 9.17) is 17.3 Å². The highest BCUT2D eigenvalue weighted by atomic mass is 35.5. The smallest absolute Gasteiger partial charge is 0.128 e. The second-order valence-corrected chi connectivity index (χ2v) is 5.86. The highest BCUT2D eigenvalue weighted by molar-refractivity contribution is 6.30. The average molecular weight is 268 g/mol. The number of nitrogens with two attached hydrogens (primary N) is 1. The van der Waals surface area contributed by atoms with E-state index in [0.29, 0.717) is 16.8 Å². The lowest BCUT2D eigenvalue weighted by Gasteiger charge is -2.33. The Morgan fingerprint density at radius 2 is 2.28 bits per heavy atom. The first-order valence-electron chi connectivity index (χ1n) is 6.70. The summed E-state index contributed by atoms with van der Waals surface area (Å²) in [4.78, 5) is 4.17. The summed E-state index contributed by atoms with van der Waals surface area (Å²) in [5.74, 6) is 2.02. The van der Waals surface area contributed by atoms with Crippen molar-refractivity contribution in [3.63, 3.8) is 0 Å². The molecule has 0 radical (unpaired) electrons. The second-order valence-electron chi connectivity index (χ2n) is 5.43. The molecule has 1 fully saturated rings.